The summed E-state index contributed by atoms with van der Waals surface area (Å²) in [7, 11) is 0. The predicted octanol–water partition coefficient (Wildman–Crippen LogP) is 2.79. The largest absolute Gasteiger partial charge is 0.345 e. The molecule has 0 saturated heterocycles. The highest BCUT2D eigenvalue weighted by Crippen LogP contribution is 2.26. The number of nitrogens with one attached hydrogen (secondary N) is 2. The summed E-state index contributed by atoms with van der Waals surface area (Å²) in [5.74, 6) is -0.533. The van der Waals surface area contributed by atoms with Crippen molar-refractivity contribution in [3.8, 4) is 0 Å². The molecule has 3 rings (SSSR count). The van der Waals surface area contributed by atoms with Crippen LogP contribution in [0.5, 0.6) is 0 Å². The summed E-state index contributed by atoms with van der Waals surface area (Å²) in [4.78, 5) is 28.7. The summed E-state index contributed by atoms with van der Waals surface area (Å²) < 4.78 is 0. The standard InChI is InChI=1S/C18H22N4O2.2ClH/c19-18(9-2-1-3-10-18)17(24)21-12-15(23)22-14-8-4-6-13-7-5-11-20-16(13)14;;/h4-8,11H,1-3,9-10,12,19H2,(H,21,24)(H,22,23);2*1H. The van der Waals surface area contributed by atoms with Crippen molar-refractivity contribution >= 4 is 53.2 Å². The Balaban J connectivity index is 0.00000169. The third-order valence-corrected chi connectivity index (χ3v) is 4.51. The zero-order valence-corrected chi connectivity index (χ0v) is 16.0. The van der Waals surface area contributed by atoms with Gasteiger partial charge < -0.3 is 16.4 Å². The molecule has 0 atom stereocenters. The van der Waals surface area contributed by atoms with Gasteiger partial charge in [-0.25, -0.2) is 0 Å². The van der Waals surface area contributed by atoms with Crippen LogP contribution >= 0.6 is 24.8 Å². The number of amides is 2. The van der Waals surface area contributed by atoms with Crippen LogP contribution in [0.2, 0.25) is 0 Å². The third-order valence-electron chi connectivity index (χ3n) is 4.51. The van der Waals surface area contributed by atoms with Crippen LogP contribution in [0.15, 0.2) is 36.5 Å². The minimum atomic E-state index is -0.834. The number of nitrogens with two attached hydrogens (primary N) is 1. The lowest BCUT2D eigenvalue weighted by molar-refractivity contribution is -0.129. The summed E-state index contributed by atoms with van der Waals surface area (Å²) in [6.45, 7) is -0.0962. The topological polar surface area (TPSA) is 97.1 Å². The molecule has 2 aromatic rings. The molecule has 2 amide bonds. The lowest BCUT2D eigenvalue weighted by Gasteiger charge is -2.31. The number of nitrogens with zero attached hydrogens (tertiary/aromatic N) is 1. The zero-order valence-electron chi connectivity index (χ0n) is 14.4. The van der Waals surface area contributed by atoms with E-state index >= 15 is 0 Å². The molecule has 142 valence electrons. The molecular weight excluding hydrogens is 375 g/mol. The number of carbonyl (C=O) groups excluding carboxylic acids is 2. The van der Waals surface area contributed by atoms with Gasteiger partial charge in [0.05, 0.1) is 23.3 Å². The third kappa shape index (κ3) is 5.06. The summed E-state index contributed by atoms with van der Waals surface area (Å²) in [6.07, 6.45) is 6.05. The highest BCUT2D eigenvalue weighted by molar-refractivity contribution is 6.02. The van der Waals surface area contributed by atoms with Crippen molar-refractivity contribution < 1.29 is 9.59 Å². The second-order valence-corrected chi connectivity index (χ2v) is 6.33. The van der Waals surface area contributed by atoms with E-state index in [0.29, 0.717) is 18.5 Å². The monoisotopic (exact) mass is 398 g/mol. The van der Waals surface area contributed by atoms with E-state index in [9.17, 15) is 9.59 Å². The van der Waals surface area contributed by atoms with Gasteiger partial charge in [0.2, 0.25) is 11.8 Å². The van der Waals surface area contributed by atoms with E-state index in [0.717, 1.165) is 30.2 Å². The fraction of sp³-hybridized carbons (Fsp3) is 0.389. The Morgan fingerprint density at radius 1 is 1.08 bits per heavy atom. The van der Waals surface area contributed by atoms with Gasteiger partial charge in [0.1, 0.15) is 0 Å². The Labute approximate surface area is 165 Å². The zero-order chi connectivity index (χ0) is 17.0. The van der Waals surface area contributed by atoms with E-state index in [1.165, 1.54) is 0 Å². The molecular formula is C18H24Cl2N4O2. The van der Waals surface area contributed by atoms with Crippen molar-refractivity contribution in [1.29, 1.82) is 0 Å². The molecule has 1 heterocycles. The molecule has 1 aromatic carbocycles. The number of carbonyl (C=O) groups is 2. The van der Waals surface area contributed by atoms with Crippen LogP contribution in [0.4, 0.5) is 5.69 Å². The van der Waals surface area contributed by atoms with Gasteiger partial charge in [0.15, 0.2) is 0 Å². The minimum absolute atomic E-state index is 0. The van der Waals surface area contributed by atoms with Gasteiger partial charge in [0.25, 0.3) is 0 Å². The molecule has 0 radical (unpaired) electrons. The maximum absolute atomic E-state index is 12.3. The van der Waals surface area contributed by atoms with Crippen molar-refractivity contribution in [3.05, 3.63) is 36.5 Å². The average Bonchev–Trinajstić information content (AvgIpc) is 2.60. The molecule has 1 aromatic heterocycles. The van der Waals surface area contributed by atoms with Crippen LogP contribution in [0.3, 0.4) is 0 Å². The fourth-order valence-corrected chi connectivity index (χ4v) is 3.15. The maximum atomic E-state index is 12.3. The number of halogens is 2. The lowest BCUT2D eigenvalue weighted by Crippen LogP contribution is -2.56. The minimum Gasteiger partial charge on any atom is -0.345 e. The first-order valence-electron chi connectivity index (χ1n) is 8.29. The highest BCUT2D eigenvalue weighted by atomic mass is 35.5. The number of hydrogen-bond donors (Lipinski definition) is 3. The molecule has 0 unspecified atom stereocenters. The van der Waals surface area contributed by atoms with Crippen LogP contribution in [-0.2, 0) is 9.59 Å². The Morgan fingerprint density at radius 3 is 2.50 bits per heavy atom. The molecule has 8 heteroatoms. The van der Waals surface area contributed by atoms with Crippen molar-refractivity contribution in [3.63, 3.8) is 0 Å². The number of benzene rings is 1. The highest BCUT2D eigenvalue weighted by Gasteiger charge is 2.35. The average molecular weight is 399 g/mol. The summed E-state index contributed by atoms with van der Waals surface area (Å²) >= 11 is 0. The number of para-hydroxylation sites is 1. The van der Waals surface area contributed by atoms with Crippen LogP contribution in [-0.4, -0.2) is 28.9 Å². The summed E-state index contributed by atoms with van der Waals surface area (Å²) in [6, 6.07) is 9.36. The normalized spacial score (nSPS) is 15.3. The van der Waals surface area contributed by atoms with Crippen LogP contribution < -0.4 is 16.4 Å². The molecule has 1 saturated carbocycles. The molecule has 0 bridgehead atoms. The van der Waals surface area contributed by atoms with Gasteiger partial charge in [-0.1, -0.05) is 37.5 Å². The molecule has 4 N–H and O–H groups in total. The molecule has 0 aliphatic heterocycles. The predicted molar refractivity (Wildman–Crippen MR) is 108 cm³/mol. The number of rotatable bonds is 4. The second kappa shape index (κ2) is 9.71. The lowest BCUT2D eigenvalue weighted by atomic mass is 9.82. The van der Waals surface area contributed by atoms with Crippen molar-refractivity contribution in [1.82, 2.24) is 10.3 Å². The number of pyridine rings is 1. The van der Waals surface area contributed by atoms with Crippen LogP contribution in [0, 0.1) is 0 Å². The van der Waals surface area contributed by atoms with E-state index < -0.39 is 5.54 Å². The molecule has 6 nitrogen and oxygen atoms in total. The van der Waals surface area contributed by atoms with Crippen LogP contribution in [0.25, 0.3) is 10.9 Å². The Bertz CT molecular complexity index is 758. The van der Waals surface area contributed by atoms with E-state index in [2.05, 4.69) is 15.6 Å². The first kappa shape index (κ1) is 22.2. The summed E-state index contributed by atoms with van der Waals surface area (Å²) in [5, 5.41) is 6.41. The van der Waals surface area contributed by atoms with E-state index in [4.69, 9.17) is 5.73 Å². The van der Waals surface area contributed by atoms with Gasteiger partial charge in [-0.3, -0.25) is 14.6 Å². The van der Waals surface area contributed by atoms with Gasteiger partial charge in [-0.15, -0.1) is 24.8 Å². The fourth-order valence-electron chi connectivity index (χ4n) is 3.15. The number of hydrogen-bond acceptors (Lipinski definition) is 4. The smallest absolute Gasteiger partial charge is 0.243 e. The van der Waals surface area contributed by atoms with Gasteiger partial charge in [0, 0.05) is 11.6 Å². The first-order valence-corrected chi connectivity index (χ1v) is 8.29. The summed E-state index contributed by atoms with van der Waals surface area (Å²) in [5.41, 5.74) is 6.68. The molecule has 1 aliphatic carbocycles. The number of aromatic nitrogens is 1. The van der Waals surface area contributed by atoms with Crippen LogP contribution in [0.1, 0.15) is 32.1 Å². The van der Waals surface area contributed by atoms with Crippen molar-refractivity contribution in [2.45, 2.75) is 37.6 Å². The van der Waals surface area contributed by atoms with E-state index in [-0.39, 0.29) is 43.2 Å². The Morgan fingerprint density at radius 2 is 1.77 bits per heavy atom. The Kier molecular flexibility index (Phi) is 8.27. The van der Waals surface area contributed by atoms with Crippen molar-refractivity contribution in [2.24, 2.45) is 5.73 Å². The van der Waals surface area contributed by atoms with E-state index in [1.54, 1.807) is 12.3 Å². The number of fused-ring (bicyclic) bond motifs is 1. The molecule has 1 aliphatic rings. The van der Waals surface area contributed by atoms with Gasteiger partial charge in [-0.05, 0) is 25.0 Å². The molecule has 0 spiro atoms. The first-order chi connectivity index (χ1) is 11.6. The van der Waals surface area contributed by atoms with Gasteiger partial charge in [-0.2, -0.15) is 0 Å². The van der Waals surface area contributed by atoms with E-state index in [1.807, 2.05) is 24.3 Å². The second-order valence-electron chi connectivity index (χ2n) is 6.33. The van der Waals surface area contributed by atoms with Crippen molar-refractivity contribution in [2.75, 3.05) is 11.9 Å². The SMILES string of the molecule is Cl.Cl.NC1(C(=O)NCC(=O)Nc2cccc3cccnc23)CCCCC1. The quantitative estimate of drug-likeness (QED) is 0.737. The van der Waals surface area contributed by atoms with Gasteiger partial charge >= 0.3 is 0 Å². The maximum Gasteiger partial charge on any atom is 0.243 e. The Hall–Kier alpha value is -1.89. The molecule has 1 fully saturated rings. The number of anilines is 1. The molecule has 26 heavy (non-hydrogen) atoms.